The van der Waals surface area contributed by atoms with Gasteiger partial charge in [-0.2, -0.15) is 0 Å². The third-order valence-corrected chi connectivity index (χ3v) is 7.06. The Morgan fingerprint density at radius 2 is 1.52 bits per heavy atom. The van der Waals surface area contributed by atoms with Crippen LogP contribution in [0.2, 0.25) is 5.02 Å². The van der Waals surface area contributed by atoms with Gasteiger partial charge in [0, 0.05) is 5.02 Å². The van der Waals surface area contributed by atoms with E-state index in [4.69, 9.17) is 11.6 Å². The van der Waals surface area contributed by atoms with Crippen LogP contribution in [-0.4, -0.2) is 0 Å². The van der Waals surface area contributed by atoms with Crippen molar-refractivity contribution in [3.8, 4) is 0 Å². The zero-order valence-corrected chi connectivity index (χ0v) is 16.7. The molecule has 0 aromatic heterocycles. The molecule has 0 unspecified atom stereocenters. The van der Waals surface area contributed by atoms with Crippen LogP contribution in [0.15, 0.2) is 36.4 Å². The largest absolute Gasteiger partial charge is 0.0882 e. The molecule has 0 radical (unpaired) electrons. The van der Waals surface area contributed by atoms with Crippen LogP contribution in [0.4, 0.5) is 0 Å². The molecule has 2 saturated carbocycles. The molecule has 2 aliphatic carbocycles. The molecule has 1 aromatic rings. The minimum Gasteiger partial charge on any atom is -0.0882 e. The third-order valence-electron chi connectivity index (χ3n) is 6.81. The Morgan fingerprint density at radius 1 is 0.880 bits per heavy atom. The number of benzene rings is 1. The lowest BCUT2D eigenvalue weighted by atomic mass is 9.77. The van der Waals surface area contributed by atoms with E-state index >= 15 is 0 Å². The molecule has 0 saturated heterocycles. The van der Waals surface area contributed by atoms with Gasteiger partial charge >= 0.3 is 0 Å². The number of hydrogen-bond acceptors (Lipinski definition) is 0. The molecule has 0 spiro atoms. The number of hydrogen-bond donors (Lipinski definition) is 0. The summed E-state index contributed by atoms with van der Waals surface area (Å²) in [4.78, 5) is 0. The normalized spacial score (nSPS) is 30.6. The average Bonchev–Trinajstić information content (AvgIpc) is 2.67. The van der Waals surface area contributed by atoms with Crippen LogP contribution in [0.25, 0.3) is 0 Å². The smallest absolute Gasteiger partial charge is 0.0406 e. The summed E-state index contributed by atoms with van der Waals surface area (Å²) in [6.07, 6.45) is 20.4. The first-order valence-corrected chi connectivity index (χ1v) is 11.0. The predicted octanol–water partition coefficient (Wildman–Crippen LogP) is 8.17. The molecule has 0 bridgehead atoms. The summed E-state index contributed by atoms with van der Waals surface area (Å²) in [5, 5.41) is 0.854. The SMILES string of the molecule is CCC1CCC(/C=C/CCC2CCC(c3ccc(Cl)cc3)CC2)CC1. The number of rotatable bonds is 6. The van der Waals surface area contributed by atoms with Crippen LogP contribution in [0.3, 0.4) is 0 Å². The topological polar surface area (TPSA) is 0 Å². The molecule has 1 heteroatoms. The molecule has 1 aromatic carbocycles. The summed E-state index contributed by atoms with van der Waals surface area (Å²) in [6, 6.07) is 8.54. The van der Waals surface area contributed by atoms with Crippen LogP contribution >= 0.6 is 11.6 Å². The standard InChI is InChI=1S/C24H35Cl/c1-2-19-7-9-20(10-8-19)5-3-4-6-21-11-13-22(14-12-21)23-15-17-24(25)18-16-23/h3,5,15-22H,2,4,6-14H2,1H3/b5-3+. The Balaban J connectivity index is 1.33. The first-order valence-electron chi connectivity index (χ1n) is 10.7. The lowest BCUT2D eigenvalue weighted by Gasteiger charge is -2.29. The first-order chi connectivity index (χ1) is 12.2. The number of halogens is 1. The van der Waals surface area contributed by atoms with Crippen LogP contribution < -0.4 is 0 Å². The maximum absolute atomic E-state index is 6.01. The molecule has 2 fully saturated rings. The van der Waals surface area contributed by atoms with Crippen LogP contribution in [0.1, 0.15) is 89.0 Å². The van der Waals surface area contributed by atoms with Gasteiger partial charge < -0.3 is 0 Å². The molecule has 2 aliphatic rings. The second-order valence-corrected chi connectivity index (χ2v) is 8.90. The summed E-state index contributed by atoms with van der Waals surface area (Å²) in [5.41, 5.74) is 1.49. The molecule has 25 heavy (non-hydrogen) atoms. The molecule has 138 valence electrons. The lowest BCUT2D eigenvalue weighted by molar-refractivity contribution is 0.301. The highest BCUT2D eigenvalue weighted by Gasteiger charge is 2.22. The molecular formula is C24H35Cl. The Morgan fingerprint density at radius 3 is 2.16 bits per heavy atom. The van der Waals surface area contributed by atoms with Crippen molar-refractivity contribution in [2.24, 2.45) is 17.8 Å². The van der Waals surface area contributed by atoms with Gasteiger partial charge in [0.25, 0.3) is 0 Å². The lowest BCUT2D eigenvalue weighted by Crippen LogP contribution is -2.13. The highest BCUT2D eigenvalue weighted by Crippen LogP contribution is 2.38. The van der Waals surface area contributed by atoms with Crippen molar-refractivity contribution in [3.63, 3.8) is 0 Å². The van der Waals surface area contributed by atoms with Gasteiger partial charge in [0.2, 0.25) is 0 Å². The highest BCUT2D eigenvalue weighted by atomic mass is 35.5. The minimum atomic E-state index is 0.762. The van der Waals surface area contributed by atoms with Gasteiger partial charge in [-0.25, -0.2) is 0 Å². The van der Waals surface area contributed by atoms with Crippen molar-refractivity contribution in [1.29, 1.82) is 0 Å². The van der Waals surface area contributed by atoms with Crippen molar-refractivity contribution >= 4 is 11.6 Å². The van der Waals surface area contributed by atoms with E-state index in [0.717, 1.165) is 28.7 Å². The maximum atomic E-state index is 6.01. The van der Waals surface area contributed by atoms with Gasteiger partial charge in [0.05, 0.1) is 0 Å². The third kappa shape index (κ3) is 5.88. The fourth-order valence-corrected chi connectivity index (χ4v) is 5.05. The van der Waals surface area contributed by atoms with Gasteiger partial charge in [-0.15, -0.1) is 0 Å². The highest BCUT2D eigenvalue weighted by molar-refractivity contribution is 6.30. The summed E-state index contributed by atoms with van der Waals surface area (Å²) < 4.78 is 0. The molecule has 0 atom stereocenters. The zero-order chi connectivity index (χ0) is 17.5. The van der Waals surface area contributed by atoms with E-state index in [1.165, 1.54) is 76.2 Å². The van der Waals surface area contributed by atoms with E-state index in [1.807, 2.05) is 12.1 Å². The van der Waals surface area contributed by atoms with E-state index in [9.17, 15) is 0 Å². The number of allylic oxidation sites excluding steroid dienone is 2. The summed E-state index contributed by atoms with van der Waals surface area (Å²) in [7, 11) is 0. The summed E-state index contributed by atoms with van der Waals surface area (Å²) >= 11 is 6.01. The average molecular weight is 359 g/mol. The monoisotopic (exact) mass is 358 g/mol. The minimum absolute atomic E-state index is 0.762. The fraction of sp³-hybridized carbons (Fsp3) is 0.667. The predicted molar refractivity (Wildman–Crippen MR) is 110 cm³/mol. The fourth-order valence-electron chi connectivity index (χ4n) is 4.93. The zero-order valence-electron chi connectivity index (χ0n) is 15.9. The molecule has 0 amide bonds. The van der Waals surface area contributed by atoms with Gasteiger partial charge in [-0.1, -0.05) is 49.2 Å². The first kappa shape index (κ1) is 19.0. The maximum Gasteiger partial charge on any atom is 0.0406 e. The van der Waals surface area contributed by atoms with Crippen molar-refractivity contribution in [1.82, 2.24) is 0 Å². The quantitative estimate of drug-likeness (QED) is 0.450. The molecule has 0 heterocycles. The van der Waals surface area contributed by atoms with E-state index in [2.05, 4.69) is 31.2 Å². The summed E-state index contributed by atoms with van der Waals surface area (Å²) in [6.45, 7) is 2.35. The molecule has 0 nitrogen and oxygen atoms in total. The van der Waals surface area contributed by atoms with Crippen molar-refractivity contribution in [2.75, 3.05) is 0 Å². The Kier molecular flexibility index (Phi) is 7.47. The van der Waals surface area contributed by atoms with E-state index in [0.29, 0.717) is 0 Å². The van der Waals surface area contributed by atoms with Gasteiger partial charge in [-0.05, 0) is 106 Å². The van der Waals surface area contributed by atoms with Crippen molar-refractivity contribution in [3.05, 3.63) is 47.0 Å². The molecule has 3 rings (SSSR count). The Bertz CT molecular complexity index is 514. The molecule has 0 aliphatic heterocycles. The summed E-state index contributed by atoms with van der Waals surface area (Å²) in [5.74, 6) is 3.60. The van der Waals surface area contributed by atoms with E-state index < -0.39 is 0 Å². The van der Waals surface area contributed by atoms with Gasteiger partial charge in [-0.3, -0.25) is 0 Å². The van der Waals surface area contributed by atoms with Gasteiger partial charge in [0.1, 0.15) is 0 Å². The van der Waals surface area contributed by atoms with E-state index in [-0.39, 0.29) is 0 Å². The second-order valence-electron chi connectivity index (χ2n) is 8.46. The van der Waals surface area contributed by atoms with Gasteiger partial charge in [0.15, 0.2) is 0 Å². The Labute approximate surface area is 160 Å². The molecular weight excluding hydrogens is 324 g/mol. The van der Waals surface area contributed by atoms with Crippen molar-refractivity contribution < 1.29 is 0 Å². The molecule has 0 N–H and O–H groups in total. The van der Waals surface area contributed by atoms with Crippen LogP contribution in [0.5, 0.6) is 0 Å². The Hall–Kier alpha value is -0.750. The van der Waals surface area contributed by atoms with E-state index in [1.54, 1.807) is 0 Å². The second kappa shape index (κ2) is 9.81. The van der Waals surface area contributed by atoms with Crippen LogP contribution in [0, 0.1) is 17.8 Å². The van der Waals surface area contributed by atoms with Crippen molar-refractivity contribution in [2.45, 2.75) is 83.5 Å². The van der Waals surface area contributed by atoms with Crippen LogP contribution in [-0.2, 0) is 0 Å².